The molecule has 4 nitrogen and oxygen atoms in total. The number of hydrogen-bond acceptors (Lipinski definition) is 3. The van der Waals surface area contributed by atoms with Crippen molar-refractivity contribution >= 4 is 22.0 Å². The van der Waals surface area contributed by atoms with Gasteiger partial charge in [-0.3, -0.25) is 4.55 Å². The summed E-state index contributed by atoms with van der Waals surface area (Å²) in [5.41, 5.74) is 0.885. The van der Waals surface area contributed by atoms with Crippen LogP contribution >= 0.6 is 11.6 Å². The van der Waals surface area contributed by atoms with E-state index >= 15 is 0 Å². The zero-order chi connectivity index (χ0) is 11.5. The van der Waals surface area contributed by atoms with Crippen LogP contribution in [0.4, 0.5) is 0 Å². The largest absolute Gasteiger partial charge is 0.397 e. The lowest BCUT2D eigenvalue weighted by molar-refractivity contribution is 0.198. The Morgan fingerprint density at radius 1 is 1.40 bits per heavy atom. The summed E-state index contributed by atoms with van der Waals surface area (Å²) in [5, 5.41) is 0.613. The van der Waals surface area contributed by atoms with Crippen molar-refractivity contribution in [2.24, 2.45) is 0 Å². The van der Waals surface area contributed by atoms with Gasteiger partial charge >= 0.3 is 10.4 Å². The summed E-state index contributed by atoms with van der Waals surface area (Å²) in [6.45, 7) is 1.56. The van der Waals surface area contributed by atoms with Crippen molar-refractivity contribution in [1.82, 2.24) is 0 Å². The molecule has 0 aromatic heterocycles. The average molecular weight is 251 g/mol. The van der Waals surface area contributed by atoms with Crippen LogP contribution in [0.25, 0.3) is 0 Å². The van der Waals surface area contributed by atoms with Crippen molar-refractivity contribution in [1.29, 1.82) is 0 Å². The molecule has 0 aliphatic rings. The summed E-state index contributed by atoms with van der Waals surface area (Å²) in [5.74, 6) is 0. The Balaban J connectivity index is 2.59. The Morgan fingerprint density at radius 3 is 2.40 bits per heavy atom. The van der Waals surface area contributed by atoms with Gasteiger partial charge in [0.1, 0.15) is 0 Å². The Kier molecular flexibility index (Phi) is 4.10. The van der Waals surface area contributed by atoms with Crippen molar-refractivity contribution in [3.8, 4) is 0 Å². The number of rotatable bonds is 4. The van der Waals surface area contributed by atoms with Gasteiger partial charge in [-0.25, -0.2) is 4.18 Å². The van der Waals surface area contributed by atoms with Crippen LogP contribution in [0.5, 0.6) is 0 Å². The molecule has 0 saturated heterocycles. The molecule has 6 heteroatoms. The summed E-state index contributed by atoms with van der Waals surface area (Å²) in [6.07, 6.45) is -0.224. The van der Waals surface area contributed by atoms with E-state index < -0.39 is 16.5 Å². The second-order valence-corrected chi connectivity index (χ2v) is 4.65. The molecule has 0 fully saturated rings. The van der Waals surface area contributed by atoms with Gasteiger partial charge in [0.2, 0.25) is 0 Å². The topological polar surface area (TPSA) is 63.6 Å². The highest BCUT2D eigenvalue weighted by molar-refractivity contribution is 7.80. The van der Waals surface area contributed by atoms with Gasteiger partial charge < -0.3 is 0 Å². The number of halogens is 1. The van der Waals surface area contributed by atoms with Crippen LogP contribution in [0.15, 0.2) is 24.3 Å². The van der Waals surface area contributed by atoms with Crippen molar-refractivity contribution in [3.63, 3.8) is 0 Å². The fourth-order valence-electron chi connectivity index (χ4n) is 1.19. The molecule has 0 saturated carbocycles. The first-order valence-corrected chi connectivity index (χ1v) is 6.01. The van der Waals surface area contributed by atoms with Crippen molar-refractivity contribution in [2.45, 2.75) is 19.4 Å². The highest BCUT2D eigenvalue weighted by atomic mass is 35.5. The highest BCUT2D eigenvalue weighted by Crippen LogP contribution is 2.12. The minimum atomic E-state index is -4.38. The first-order valence-electron chi connectivity index (χ1n) is 4.27. The molecule has 1 aromatic rings. The molecule has 0 bridgehead atoms. The predicted molar refractivity (Wildman–Crippen MR) is 57.3 cm³/mol. The van der Waals surface area contributed by atoms with E-state index in [9.17, 15) is 8.42 Å². The van der Waals surface area contributed by atoms with Crippen LogP contribution in [-0.2, 0) is 21.0 Å². The van der Waals surface area contributed by atoms with E-state index in [2.05, 4.69) is 4.18 Å². The van der Waals surface area contributed by atoms with Crippen molar-refractivity contribution in [2.75, 3.05) is 0 Å². The van der Waals surface area contributed by atoms with E-state index in [0.717, 1.165) is 5.56 Å². The van der Waals surface area contributed by atoms with Crippen LogP contribution in [0.2, 0.25) is 5.02 Å². The molecular formula is C9H11ClO4S. The van der Waals surface area contributed by atoms with E-state index in [-0.39, 0.29) is 0 Å². The zero-order valence-electron chi connectivity index (χ0n) is 8.05. The third-order valence-electron chi connectivity index (χ3n) is 1.72. The molecule has 1 rings (SSSR count). The predicted octanol–water partition coefficient (Wildman–Crippen LogP) is 2.09. The van der Waals surface area contributed by atoms with Crippen LogP contribution < -0.4 is 0 Å². The minimum Gasteiger partial charge on any atom is -0.264 e. The maximum absolute atomic E-state index is 10.4. The van der Waals surface area contributed by atoms with Gasteiger partial charge in [0, 0.05) is 5.02 Å². The standard InChI is InChI=1S/C9H11ClO4S/c1-7(14-15(11,12)13)6-8-2-4-9(10)5-3-8/h2-5,7H,6H2,1H3,(H,11,12,13)/t7-/m0/s1. The minimum absolute atomic E-state index is 0.386. The average Bonchev–Trinajstić information content (AvgIpc) is 2.05. The zero-order valence-corrected chi connectivity index (χ0v) is 9.62. The Labute approximate surface area is 93.8 Å². The Hall–Kier alpha value is -0.620. The summed E-state index contributed by atoms with van der Waals surface area (Å²) in [7, 11) is -4.38. The third kappa shape index (κ3) is 5.13. The Morgan fingerprint density at radius 2 is 1.93 bits per heavy atom. The Bertz CT molecular complexity index is 412. The molecule has 0 aliphatic heterocycles. The molecule has 0 aliphatic carbocycles. The molecule has 1 N–H and O–H groups in total. The SMILES string of the molecule is C[C@@H](Cc1ccc(Cl)cc1)OS(=O)(=O)O. The third-order valence-corrected chi connectivity index (χ3v) is 2.55. The quantitative estimate of drug-likeness (QED) is 0.831. The second kappa shape index (κ2) is 4.94. The van der Waals surface area contributed by atoms with E-state index in [4.69, 9.17) is 16.2 Å². The number of hydrogen-bond donors (Lipinski definition) is 1. The summed E-state index contributed by atoms with van der Waals surface area (Å²) in [6, 6.07) is 6.95. The maximum Gasteiger partial charge on any atom is 0.397 e. The van der Waals surface area contributed by atoms with E-state index in [1.165, 1.54) is 0 Å². The lowest BCUT2D eigenvalue weighted by Gasteiger charge is -2.09. The van der Waals surface area contributed by atoms with Gasteiger partial charge in [0.25, 0.3) is 0 Å². The van der Waals surface area contributed by atoms with Gasteiger partial charge in [-0.1, -0.05) is 23.7 Å². The molecular weight excluding hydrogens is 240 g/mol. The first kappa shape index (κ1) is 12.4. The lowest BCUT2D eigenvalue weighted by Crippen LogP contribution is -2.16. The van der Waals surface area contributed by atoms with Crippen LogP contribution in [0.3, 0.4) is 0 Å². The normalized spacial score (nSPS) is 13.8. The maximum atomic E-state index is 10.4. The molecule has 0 amide bonds. The van der Waals surface area contributed by atoms with Gasteiger partial charge in [0.05, 0.1) is 6.10 Å². The first-order chi connectivity index (χ1) is 6.87. The summed E-state index contributed by atoms with van der Waals surface area (Å²) >= 11 is 5.69. The molecule has 0 radical (unpaired) electrons. The highest BCUT2D eigenvalue weighted by Gasteiger charge is 2.12. The van der Waals surface area contributed by atoms with Crippen LogP contribution in [-0.4, -0.2) is 19.1 Å². The smallest absolute Gasteiger partial charge is 0.264 e. The summed E-state index contributed by atoms with van der Waals surface area (Å²) < 4.78 is 33.6. The monoisotopic (exact) mass is 250 g/mol. The molecule has 15 heavy (non-hydrogen) atoms. The molecule has 0 unspecified atom stereocenters. The fraction of sp³-hybridized carbons (Fsp3) is 0.333. The van der Waals surface area contributed by atoms with Crippen molar-refractivity contribution in [3.05, 3.63) is 34.9 Å². The fourth-order valence-corrected chi connectivity index (χ4v) is 1.80. The van der Waals surface area contributed by atoms with Gasteiger partial charge in [-0.2, -0.15) is 8.42 Å². The molecule has 84 valence electrons. The number of benzene rings is 1. The lowest BCUT2D eigenvalue weighted by atomic mass is 10.1. The van der Waals surface area contributed by atoms with Crippen LogP contribution in [0.1, 0.15) is 12.5 Å². The van der Waals surface area contributed by atoms with Gasteiger partial charge in [-0.15, -0.1) is 0 Å². The molecule has 1 atom stereocenters. The van der Waals surface area contributed by atoms with Gasteiger partial charge in [-0.05, 0) is 31.0 Å². The van der Waals surface area contributed by atoms with Gasteiger partial charge in [0.15, 0.2) is 0 Å². The van der Waals surface area contributed by atoms with E-state index in [1.54, 1.807) is 31.2 Å². The van der Waals surface area contributed by atoms with E-state index in [0.29, 0.717) is 11.4 Å². The van der Waals surface area contributed by atoms with Crippen LogP contribution in [0, 0.1) is 0 Å². The second-order valence-electron chi connectivity index (χ2n) is 3.17. The molecule has 0 heterocycles. The van der Waals surface area contributed by atoms with E-state index in [1.807, 2.05) is 0 Å². The molecule has 0 spiro atoms. The van der Waals surface area contributed by atoms with Crippen molar-refractivity contribution < 1.29 is 17.2 Å². The summed E-state index contributed by atoms with van der Waals surface area (Å²) in [4.78, 5) is 0. The molecule has 1 aromatic carbocycles.